The quantitative estimate of drug-likeness (QED) is 0.661. The van der Waals surface area contributed by atoms with Gasteiger partial charge in [0.2, 0.25) is 10.0 Å². The predicted molar refractivity (Wildman–Crippen MR) is 88.1 cm³/mol. The van der Waals surface area contributed by atoms with Crippen LogP contribution < -0.4 is 10.2 Å². The number of aryl methyl sites for hydroxylation is 1. The van der Waals surface area contributed by atoms with E-state index in [1.165, 1.54) is 23.9 Å². The Labute approximate surface area is 136 Å². The van der Waals surface area contributed by atoms with E-state index in [1.54, 1.807) is 19.1 Å². The normalized spacial score (nSPS) is 12.9. The van der Waals surface area contributed by atoms with Gasteiger partial charge in [-0.15, -0.1) is 0 Å². The highest BCUT2D eigenvalue weighted by atomic mass is 32.2. The second-order valence-electron chi connectivity index (χ2n) is 4.67. The molecule has 1 rings (SSSR count). The van der Waals surface area contributed by atoms with Gasteiger partial charge in [-0.25, -0.2) is 13.9 Å². The van der Waals surface area contributed by atoms with Crippen LogP contribution in [0.2, 0.25) is 0 Å². The number of thioether (sulfide) groups is 1. The predicted octanol–water partition coefficient (Wildman–Crippen LogP) is 1.46. The van der Waals surface area contributed by atoms with Crippen molar-refractivity contribution in [3.63, 3.8) is 0 Å². The summed E-state index contributed by atoms with van der Waals surface area (Å²) in [7, 11) is -3.75. The van der Waals surface area contributed by atoms with E-state index in [0.717, 1.165) is 5.56 Å². The summed E-state index contributed by atoms with van der Waals surface area (Å²) in [6, 6.07) is 5.59. The van der Waals surface area contributed by atoms with Crippen molar-refractivity contribution in [3.8, 4) is 0 Å². The molecule has 0 bridgehead atoms. The Morgan fingerprint density at radius 1 is 1.32 bits per heavy atom. The van der Waals surface area contributed by atoms with Crippen LogP contribution in [0.1, 0.15) is 18.9 Å². The minimum absolute atomic E-state index is 0.136. The Morgan fingerprint density at radius 3 is 2.50 bits per heavy atom. The Bertz CT molecular complexity index is 573. The van der Waals surface area contributed by atoms with E-state index in [2.05, 4.69) is 10.2 Å². The molecule has 0 aliphatic carbocycles. The van der Waals surface area contributed by atoms with Crippen molar-refractivity contribution in [1.82, 2.24) is 10.2 Å². The molecule has 1 aromatic rings. The molecule has 1 amide bonds. The highest BCUT2D eigenvalue weighted by molar-refractivity contribution is 7.98. The zero-order valence-corrected chi connectivity index (χ0v) is 14.6. The van der Waals surface area contributed by atoms with Gasteiger partial charge in [-0.2, -0.15) is 16.5 Å². The fraction of sp³-hybridized carbons (Fsp3) is 0.500. The van der Waals surface area contributed by atoms with Crippen molar-refractivity contribution in [1.29, 1.82) is 0 Å². The molecule has 0 aliphatic rings. The maximum Gasteiger partial charge on any atom is 0.261 e. The van der Waals surface area contributed by atoms with Crippen LogP contribution in [0, 0.1) is 6.92 Å². The Morgan fingerprint density at radius 2 is 1.95 bits per heavy atom. The fourth-order valence-electron chi connectivity index (χ4n) is 1.67. The smallest absolute Gasteiger partial charge is 0.261 e. The average molecular weight is 346 g/mol. The van der Waals surface area contributed by atoms with E-state index in [9.17, 15) is 13.2 Å². The molecule has 0 spiro atoms. The molecule has 22 heavy (non-hydrogen) atoms. The van der Waals surface area contributed by atoms with Gasteiger partial charge < -0.3 is 0 Å². The minimum atomic E-state index is -3.75. The molecular formula is C14H22N2O4S2. The van der Waals surface area contributed by atoms with Gasteiger partial charge in [0.05, 0.1) is 11.5 Å². The lowest BCUT2D eigenvalue weighted by molar-refractivity contribution is -0.134. The van der Waals surface area contributed by atoms with Gasteiger partial charge >= 0.3 is 0 Å². The summed E-state index contributed by atoms with van der Waals surface area (Å²) in [6.45, 7) is 3.92. The molecule has 0 saturated carbocycles. The second-order valence-corrected chi connectivity index (χ2v) is 7.37. The first-order valence-corrected chi connectivity index (χ1v) is 9.78. The highest BCUT2D eigenvalue weighted by Crippen LogP contribution is 2.12. The molecule has 0 saturated heterocycles. The number of benzene rings is 1. The third-order valence-electron chi connectivity index (χ3n) is 2.87. The number of hydrogen-bond donors (Lipinski definition) is 2. The van der Waals surface area contributed by atoms with Crippen LogP contribution in [-0.4, -0.2) is 39.0 Å². The molecule has 6 nitrogen and oxygen atoms in total. The summed E-state index contributed by atoms with van der Waals surface area (Å²) in [5.41, 5.74) is 3.21. The zero-order valence-electron chi connectivity index (χ0n) is 13.0. The van der Waals surface area contributed by atoms with Crippen molar-refractivity contribution in [2.24, 2.45) is 0 Å². The molecule has 0 radical (unpaired) electrons. The monoisotopic (exact) mass is 346 g/mol. The maximum atomic E-state index is 12.4. The largest absolute Gasteiger partial charge is 0.274 e. The van der Waals surface area contributed by atoms with Gasteiger partial charge in [-0.05, 0) is 44.4 Å². The van der Waals surface area contributed by atoms with Crippen LogP contribution in [0.5, 0.6) is 0 Å². The van der Waals surface area contributed by atoms with Gasteiger partial charge in [0, 0.05) is 0 Å². The van der Waals surface area contributed by atoms with Gasteiger partial charge in [-0.3, -0.25) is 9.63 Å². The number of nitrogens with one attached hydrogen (secondary N) is 2. The number of sulfonamides is 1. The van der Waals surface area contributed by atoms with E-state index in [4.69, 9.17) is 4.84 Å². The summed E-state index contributed by atoms with van der Waals surface area (Å²) >= 11 is 1.54. The number of carbonyl (C=O) groups is 1. The Kier molecular flexibility index (Phi) is 7.88. The summed E-state index contributed by atoms with van der Waals surface area (Å²) < 4.78 is 27.2. The Hall–Kier alpha value is -1.09. The van der Waals surface area contributed by atoms with Crippen molar-refractivity contribution in [2.45, 2.75) is 31.2 Å². The van der Waals surface area contributed by atoms with Crippen LogP contribution >= 0.6 is 11.8 Å². The number of hydrogen-bond acceptors (Lipinski definition) is 5. The number of amides is 1. The van der Waals surface area contributed by atoms with Gasteiger partial charge in [0.15, 0.2) is 0 Å². The standard InChI is InChI=1S/C14H22N2O4S2/c1-4-20-15-14(17)13(9-10-21-3)16-22(18,19)12-7-5-11(2)6-8-12/h5-8,13,16H,4,9-10H2,1-3H3,(H,15,17). The first-order chi connectivity index (χ1) is 10.4. The van der Waals surface area contributed by atoms with Gasteiger partial charge in [-0.1, -0.05) is 17.7 Å². The van der Waals surface area contributed by atoms with Crippen molar-refractivity contribution in [3.05, 3.63) is 29.8 Å². The van der Waals surface area contributed by atoms with Crippen molar-refractivity contribution in [2.75, 3.05) is 18.6 Å². The van der Waals surface area contributed by atoms with Gasteiger partial charge in [0.1, 0.15) is 6.04 Å². The Balaban J connectivity index is 2.86. The molecule has 2 N–H and O–H groups in total. The van der Waals surface area contributed by atoms with E-state index in [1.807, 2.05) is 13.2 Å². The van der Waals surface area contributed by atoms with Crippen LogP contribution in [0.25, 0.3) is 0 Å². The average Bonchev–Trinajstić information content (AvgIpc) is 2.49. The number of hydroxylamine groups is 1. The fourth-order valence-corrected chi connectivity index (χ4v) is 3.37. The summed E-state index contributed by atoms with van der Waals surface area (Å²) in [6.07, 6.45) is 2.27. The van der Waals surface area contributed by atoms with Crippen molar-refractivity contribution < 1.29 is 18.0 Å². The summed E-state index contributed by atoms with van der Waals surface area (Å²) in [4.78, 5) is 17.0. The molecule has 8 heteroatoms. The molecule has 0 fully saturated rings. The molecule has 1 aromatic carbocycles. The molecule has 1 unspecified atom stereocenters. The molecule has 0 heterocycles. The van der Waals surface area contributed by atoms with Crippen LogP contribution in [0.15, 0.2) is 29.2 Å². The van der Waals surface area contributed by atoms with E-state index < -0.39 is 22.0 Å². The minimum Gasteiger partial charge on any atom is -0.274 e. The van der Waals surface area contributed by atoms with Crippen LogP contribution in [-0.2, 0) is 19.7 Å². The lowest BCUT2D eigenvalue weighted by atomic mass is 10.2. The SMILES string of the molecule is CCONC(=O)C(CCSC)NS(=O)(=O)c1ccc(C)cc1. The van der Waals surface area contributed by atoms with E-state index in [-0.39, 0.29) is 4.90 Å². The zero-order chi connectivity index (χ0) is 16.6. The molecule has 1 atom stereocenters. The van der Waals surface area contributed by atoms with Gasteiger partial charge in [0.25, 0.3) is 5.91 Å². The second kappa shape index (κ2) is 9.14. The highest BCUT2D eigenvalue weighted by Gasteiger charge is 2.25. The number of carbonyl (C=O) groups excluding carboxylic acids is 1. The topological polar surface area (TPSA) is 84.5 Å². The van der Waals surface area contributed by atoms with Crippen LogP contribution in [0.3, 0.4) is 0 Å². The molecule has 0 aromatic heterocycles. The summed E-state index contributed by atoms with van der Waals surface area (Å²) in [5.74, 6) is 0.160. The molecular weight excluding hydrogens is 324 g/mol. The summed E-state index contributed by atoms with van der Waals surface area (Å²) in [5, 5.41) is 0. The van der Waals surface area contributed by atoms with E-state index >= 15 is 0 Å². The lowest BCUT2D eigenvalue weighted by Gasteiger charge is -2.17. The molecule has 0 aliphatic heterocycles. The first kappa shape index (κ1) is 19.0. The van der Waals surface area contributed by atoms with Crippen LogP contribution in [0.4, 0.5) is 0 Å². The number of rotatable bonds is 9. The maximum absolute atomic E-state index is 12.4. The lowest BCUT2D eigenvalue weighted by Crippen LogP contribution is -2.46. The molecule has 124 valence electrons. The third kappa shape index (κ3) is 5.96. The van der Waals surface area contributed by atoms with E-state index in [0.29, 0.717) is 18.8 Å². The first-order valence-electron chi connectivity index (χ1n) is 6.90. The third-order valence-corrected chi connectivity index (χ3v) is 5.00. The van der Waals surface area contributed by atoms with Crippen molar-refractivity contribution >= 4 is 27.7 Å².